The average Bonchev–Trinajstić information content (AvgIpc) is 2.68. The second-order valence-electron chi connectivity index (χ2n) is 6.22. The predicted octanol–water partition coefficient (Wildman–Crippen LogP) is 1.79. The first-order chi connectivity index (χ1) is 12.6. The van der Waals surface area contributed by atoms with Crippen molar-refractivity contribution < 1.29 is 4.74 Å². The maximum absolute atomic E-state index is 12.1. The molecule has 0 amide bonds. The van der Waals surface area contributed by atoms with E-state index in [1.165, 1.54) is 4.68 Å². The summed E-state index contributed by atoms with van der Waals surface area (Å²) in [5.74, 6) is 0.918. The van der Waals surface area contributed by atoms with E-state index in [4.69, 9.17) is 4.74 Å². The molecule has 1 saturated heterocycles. The molecule has 0 aliphatic carbocycles. The zero-order valence-corrected chi connectivity index (χ0v) is 16.7. The van der Waals surface area contributed by atoms with Gasteiger partial charge >= 0.3 is 0 Å². The van der Waals surface area contributed by atoms with Gasteiger partial charge in [0.1, 0.15) is 11.4 Å². The molecule has 1 fully saturated rings. The molecular formula is C18H24BrN5O2. The Morgan fingerprint density at radius 3 is 2.69 bits per heavy atom. The highest BCUT2D eigenvalue weighted by Crippen LogP contribution is 2.28. The number of piperazine rings is 1. The van der Waals surface area contributed by atoms with Gasteiger partial charge < -0.3 is 15.0 Å². The van der Waals surface area contributed by atoms with Crippen molar-refractivity contribution in [2.45, 2.75) is 0 Å². The minimum absolute atomic E-state index is 0.125. The first kappa shape index (κ1) is 18.7. The quantitative estimate of drug-likeness (QED) is 0.766. The highest BCUT2D eigenvalue weighted by molar-refractivity contribution is 9.10. The molecule has 2 aromatic rings. The molecule has 26 heavy (non-hydrogen) atoms. The molecule has 0 saturated carbocycles. The molecule has 1 N–H and O–H groups in total. The van der Waals surface area contributed by atoms with E-state index in [-0.39, 0.29) is 5.56 Å². The average molecular weight is 422 g/mol. The Morgan fingerprint density at radius 1 is 1.23 bits per heavy atom. The number of nitrogens with one attached hydrogen (secondary N) is 1. The standard InChI is InChI=1S/C18H24BrN5O2/c1-22-18(25)17(14(19)13-21-22)20-7-8-23-9-11-24(12-10-23)15-5-3-4-6-16(15)26-2/h3-6,13,20H,7-12H2,1-2H3. The van der Waals surface area contributed by atoms with Crippen LogP contribution in [-0.4, -0.2) is 61.1 Å². The van der Waals surface area contributed by atoms with Crippen molar-refractivity contribution in [2.75, 3.05) is 56.6 Å². The van der Waals surface area contributed by atoms with E-state index in [2.05, 4.69) is 42.2 Å². The number of aromatic nitrogens is 2. The number of halogens is 1. The van der Waals surface area contributed by atoms with Crippen LogP contribution in [0.5, 0.6) is 5.75 Å². The lowest BCUT2D eigenvalue weighted by Crippen LogP contribution is -2.47. The summed E-state index contributed by atoms with van der Waals surface area (Å²) in [6.45, 7) is 5.48. The number of hydrogen-bond acceptors (Lipinski definition) is 6. The highest BCUT2D eigenvalue weighted by Gasteiger charge is 2.19. The monoisotopic (exact) mass is 421 g/mol. The molecule has 8 heteroatoms. The molecule has 1 aliphatic heterocycles. The van der Waals surface area contributed by atoms with E-state index in [9.17, 15) is 4.79 Å². The number of aryl methyl sites for hydroxylation is 1. The molecular weight excluding hydrogens is 398 g/mol. The van der Waals surface area contributed by atoms with Crippen molar-refractivity contribution in [3.63, 3.8) is 0 Å². The van der Waals surface area contributed by atoms with Crippen LogP contribution < -0.4 is 20.5 Å². The van der Waals surface area contributed by atoms with Gasteiger partial charge in [0.05, 0.1) is 23.5 Å². The summed E-state index contributed by atoms with van der Waals surface area (Å²) in [5, 5.41) is 7.21. The third-order valence-electron chi connectivity index (χ3n) is 4.62. The van der Waals surface area contributed by atoms with Crippen molar-refractivity contribution >= 4 is 27.3 Å². The number of para-hydroxylation sites is 2. The van der Waals surface area contributed by atoms with Crippen LogP contribution in [0.15, 0.2) is 39.7 Å². The van der Waals surface area contributed by atoms with Gasteiger partial charge in [-0.3, -0.25) is 9.69 Å². The largest absolute Gasteiger partial charge is 0.495 e. The first-order valence-electron chi connectivity index (χ1n) is 8.66. The molecule has 140 valence electrons. The number of hydrogen-bond donors (Lipinski definition) is 1. The second-order valence-corrected chi connectivity index (χ2v) is 7.08. The van der Waals surface area contributed by atoms with Gasteiger partial charge in [-0.25, -0.2) is 4.68 Å². The number of ether oxygens (including phenoxy) is 1. The number of methoxy groups -OCH3 is 1. The van der Waals surface area contributed by atoms with E-state index in [0.29, 0.717) is 16.7 Å². The molecule has 1 aromatic carbocycles. The van der Waals surface area contributed by atoms with Crippen molar-refractivity contribution in [3.05, 3.63) is 45.3 Å². The molecule has 0 radical (unpaired) electrons. The third kappa shape index (κ3) is 4.19. The van der Waals surface area contributed by atoms with Crippen LogP contribution in [0.3, 0.4) is 0 Å². The molecule has 0 unspecified atom stereocenters. The lowest BCUT2D eigenvalue weighted by molar-refractivity contribution is 0.266. The summed E-state index contributed by atoms with van der Waals surface area (Å²) in [4.78, 5) is 16.9. The topological polar surface area (TPSA) is 62.6 Å². The zero-order valence-electron chi connectivity index (χ0n) is 15.1. The molecule has 0 atom stereocenters. The smallest absolute Gasteiger partial charge is 0.290 e. The van der Waals surface area contributed by atoms with Crippen LogP contribution in [0.4, 0.5) is 11.4 Å². The summed E-state index contributed by atoms with van der Waals surface area (Å²) >= 11 is 3.38. The van der Waals surface area contributed by atoms with Crippen molar-refractivity contribution in [2.24, 2.45) is 7.05 Å². The zero-order chi connectivity index (χ0) is 18.5. The Hall–Kier alpha value is -2.06. The summed E-state index contributed by atoms with van der Waals surface area (Å²) in [7, 11) is 3.36. The van der Waals surface area contributed by atoms with Crippen LogP contribution in [-0.2, 0) is 7.05 Å². The minimum atomic E-state index is -0.125. The predicted molar refractivity (Wildman–Crippen MR) is 107 cm³/mol. The summed E-state index contributed by atoms with van der Waals surface area (Å²) in [5.41, 5.74) is 1.59. The molecule has 0 spiro atoms. The van der Waals surface area contributed by atoms with E-state index in [1.54, 1.807) is 20.4 Å². The Labute approximate surface area is 161 Å². The van der Waals surface area contributed by atoms with E-state index < -0.39 is 0 Å². The van der Waals surface area contributed by atoms with Gasteiger partial charge in [-0.1, -0.05) is 12.1 Å². The molecule has 1 aromatic heterocycles. The Morgan fingerprint density at radius 2 is 1.96 bits per heavy atom. The normalized spacial score (nSPS) is 15.1. The number of rotatable bonds is 6. The summed E-state index contributed by atoms with van der Waals surface area (Å²) in [6.07, 6.45) is 1.63. The van der Waals surface area contributed by atoms with Crippen molar-refractivity contribution in [1.82, 2.24) is 14.7 Å². The Kier molecular flexibility index (Phi) is 6.16. The van der Waals surface area contributed by atoms with E-state index in [0.717, 1.165) is 44.2 Å². The highest BCUT2D eigenvalue weighted by atomic mass is 79.9. The number of benzene rings is 1. The van der Waals surface area contributed by atoms with Crippen LogP contribution in [0.1, 0.15) is 0 Å². The van der Waals surface area contributed by atoms with Gasteiger partial charge in [0.15, 0.2) is 0 Å². The first-order valence-corrected chi connectivity index (χ1v) is 9.45. The molecule has 2 heterocycles. The lowest BCUT2D eigenvalue weighted by atomic mass is 10.2. The maximum Gasteiger partial charge on any atom is 0.290 e. The van der Waals surface area contributed by atoms with Gasteiger partial charge in [0.2, 0.25) is 0 Å². The lowest BCUT2D eigenvalue weighted by Gasteiger charge is -2.36. The molecule has 0 bridgehead atoms. The van der Waals surface area contributed by atoms with Crippen LogP contribution >= 0.6 is 15.9 Å². The number of nitrogens with zero attached hydrogens (tertiary/aromatic N) is 4. The SMILES string of the molecule is COc1ccccc1N1CCN(CCNc2c(Br)cnn(C)c2=O)CC1. The molecule has 3 rings (SSSR count). The summed E-state index contributed by atoms with van der Waals surface area (Å²) < 4.78 is 7.49. The minimum Gasteiger partial charge on any atom is -0.495 e. The number of anilines is 2. The fraction of sp³-hybridized carbons (Fsp3) is 0.444. The second kappa shape index (κ2) is 8.55. The van der Waals surface area contributed by atoms with Crippen LogP contribution in [0, 0.1) is 0 Å². The fourth-order valence-corrected chi connectivity index (χ4v) is 3.52. The molecule has 1 aliphatic rings. The van der Waals surface area contributed by atoms with Gasteiger partial charge in [0, 0.05) is 46.3 Å². The van der Waals surface area contributed by atoms with Gasteiger partial charge in [-0.05, 0) is 28.1 Å². The van der Waals surface area contributed by atoms with Crippen molar-refractivity contribution in [1.29, 1.82) is 0 Å². The molecule has 7 nitrogen and oxygen atoms in total. The maximum atomic E-state index is 12.1. The van der Waals surface area contributed by atoms with Gasteiger partial charge in [0.25, 0.3) is 5.56 Å². The Bertz CT molecular complexity index is 802. The Balaban J connectivity index is 1.51. The van der Waals surface area contributed by atoms with Crippen LogP contribution in [0.25, 0.3) is 0 Å². The third-order valence-corrected chi connectivity index (χ3v) is 5.22. The van der Waals surface area contributed by atoms with E-state index >= 15 is 0 Å². The van der Waals surface area contributed by atoms with Gasteiger partial charge in [-0.2, -0.15) is 5.10 Å². The fourth-order valence-electron chi connectivity index (χ4n) is 3.12. The van der Waals surface area contributed by atoms with Crippen molar-refractivity contribution in [3.8, 4) is 5.75 Å². The summed E-state index contributed by atoms with van der Waals surface area (Å²) in [6, 6.07) is 8.14. The van der Waals surface area contributed by atoms with Gasteiger partial charge in [-0.15, -0.1) is 0 Å². The van der Waals surface area contributed by atoms with Crippen LogP contribution in [0.2, 0.25) is 0 Å². The van der Waals surface area contributed by atoms with E-state index in [1.807, 2.05) is 18.2 Å².